The molecule has 0 saturated carbocycles. The molecule has 0 bridgehead atoms. The van der Waals surface area contributed by atoms with Gasteiger partial charge in [0.25, 0.3) is 0 Å². The van der Waals surface area contributed by atoms with Crippen LogP contribution >= 0.6 is 0 Å². The van der Waals surface area contributed by atoms with Crippen LogP contribution in [0.4, 0.5) is 0 Å². The van der Waals surface area contributed by atoms with Crippen molar-refractivity contribution in [3.05, 3.63) is 24.6 Å². The van der Waals surface area contributed by atoms with Gasteiger partial charge < -0.3 is 51.7 Å². The molecule has 3 unspecified atom stereocenters. The number of rotatable bonds is 17. The average Bonchev–Trinajstić information content (AvgIpc) is 2.72. The van der Waals surface area contributed by atoms with Gasteiger partial charge >= 0.3 is 35.9 Å². The Bertz CT molecular complexity index is 784. The molecule has 0 rings (SSSR count). The van der Waals surface area contributed by atoms with E-state index in [0.29, 0.717) is 0 Å². The molecule has 0 heterocycles. The molecule has 0 aliphatic rings. The van der Waals surface area contributed by atoms with Crippen molar-refractivity contribution in [2.75, 3.05) is 21.3 Å². The van der Waals surface area contributed by atoms with Crippen LogP contribution in [0.1, 0.15) is 0 Å². The first-order chi connectivity index (χ1) is 15.5. The molecule has 0 fully saturated rings. The lowest BCUT2D eigenvalue weighted by Gasteiger charge is -2.40. The molecule has 0 saturated heterocycles. The Morgan fingerprint density at radius 2 is 1.06 bits per heavy atom. The van der Waals surface area contributed by atoms with Gasteiger partial charge in [0.15, 0.2) is 0 Å². The Balaban J connectivity index is 6.56. The first-order valence-electron chi connectivity index (χ1n) is 9.61. The second-order valence-corrected chi connectivity index (χ2v) is 27.0. The maximum Gasteiger partial charge on any atom is 0.722 e. The standard InChI is InChI=1S/C14H34O12Si8/c1-13-29(8,9)22-31(12,20-27-6)24-33(16,19-5)26-34(21-28-7,23-30(10,11)14-2)25-32(15,17-3)18-4/h6-7,13-16H,1-2H2,3-5,8-12H3. The summed E-state index contributed by atoms with van der Waals surface area (Å²) in [5, 5.41) is 0. The van der Waals surface area contributed by atoms with Gasteiger partial charge in [-0.05, 0) is 26.2 Å². The molecule has 34 heavy (non-hydrogen) atoms. The van der Waals surface area contributed by atoms with E-state index >= 15 is 0 Å². The monoisotopic (exact) mass is 618 g/mol. The van der Waals surface area contributed by atoms with Crippen LogP contribution in [0, 0.1) is 12.0 Å². The largest absolute Gasteiger partial charge is 0.722 e. The van der Waals surface area contributed by atoms with Gasteiger partial charge in [0, 0.05) is 27.9 Å². The van der Waals surface area contributed by atoms with Crippen molar-refractivity contribution in [2.45, 2.75) is 32.7 Å². The van der Waals surface area contributed by atoms with Gasteiger partial charge in [0.2, 0.25) is 35.0 Å². The van der Waals surface area contributed by atoms with Gasteiger partial charge in [-0.2, -0.15) is 0 Å². The average molecular weight is 619 g/mol. The maximum atomic E-state index is 11.3. The van der Waals surface area contributed by atoms with E-state index in [2.05, 4.69) is 13.2 Å². The van der Waals surface area contributed by atoms with Crippen LogP contribution < -0.4 is 0 Å². The van der Waals surface area contributed by atoms with Gasteiger partial charge in [-0.3, -0.25) is 0 Å². The molecule has 0 aliphatic heterocycles. The van der Waals surface area contributed by atoms with Crippen LogP contribution in [0.3, 0.4) is 0 Å². The summed E-state index contributed by atoms with van der Waals surface area (Å²) >= 11 is 0. The molecular weight excluding hydrogens is 585 g/mol. The molecule has 0 aromatic rings. The Morgan fingerprint density at radius 1 is 0.647 bits per heavy atom. The maximum absolute atomic E-state index is 11.3. The molecule has 3 atom stereocenters. The molecular formula is C14H34O12Si8. The molecule has 12 nitrogen and oxygen atoms in total. The van der Waals surface area contributed by atoms with Crippen LogP contribution in [0.15, 0.2) is 24.6 Å². The second kappa shape index (κ2) is 13.5. The molecule has 194 valence electrons. The number of hydrogen-bond acceptors (Lipinski definition) is 12. The van der Waals surface area contributed by atoms with Crippen molar-refractivity contribution in [3.63, 3.8) is 0 Å². The summed E-state index contributed by atoms with van der Waals surface area (Å²) in [5.41, 5.74) is 3.21. The quantitative estimate of drug-likeness (QED) is 0.216. The lowest BCUT2D eigenvalue weighted by atomic mass is 11.3. The molecule has 0 radical (unpaired) electrons. The van der Waals surface area contributed by atoms with Gasteiger partial charge in [-0.1, -0.05) is 11.4 Å². The van der Waals surface area contributed by atoms with Crippen LogP contribution in [-0.2, 0) is 42.1 Å². The smallest absolute Gasteiger partial charge is 0.517 e. The minimum Gasteiger partial charge on any atom is -0.517 e. The van der Waals surface area contributed by atoms with E-state index in [1.54, 1.807) is 24.5 Å². The van der Waals surface area contributed by atoms with Crippen molar-refractivity contribution < 1.29 is 51.7 Å². The number of hydrogen-bond donors (Lipinski definition) is 2. The Labute approximate surface area is 212 Å². The highest BCUT2D eigenvalue weighted by Gasteiger charge is 2.67. The SMILES string of the molecule is C#[Si]O[Si](C)(O[Si](C)(C)C=C)O[Si](O)(OC)O[Si](O[Si]#C)(O[Si](C)(C)C=C)O[Si](O)(OC)OC. The lowest BCUT2D eigenvalue weighted by Crippen LogP contribution is -2.70. The first kappa shape index (κ1) is 34.0. The summed E-state index contributed by atoms with van der Waals surface area (Å²) in [4.78, 5) is 22.0. The third kappa shape index (κ3) is 10.9. The van der Waals surface area contributed by atoms with Crippen LogP contribution in [0.5, 0.6) is 0 Å². The van der Waals surface area contributed by atoms with Gasteiger partial charge in [-0.15, -0.1) is 25.2 Å². The molecule has 20 heteroatoms. The third-order valence-electron chi connectivity index (χ3n) is 3.84. The molecule has 0 spiro atoms. The first-order valence-corrected chi connectivity index (χ1v) is 24.8. The van der Waals surface area contributed by atoms with Crippen molar-refractivity contribution in [1.29, 1.82) is 0 Å². The van der Waals surface area contributed by atoms with E-state index in [0.717, 1.165) is 21.3 Å². The highest BCUT2D eigenvalue weighted by atomic mass is 28.6. The minimum absolute atomic E-state index is 0.527. The fourth-order valence-electron chi connectivity index (χ4n) is 2.07. The molecule has 0 aromatic heterocycles. The second-order valence-electron chi connectivity index (χ2n) is 7.59. The van der Waals surface area contributed by atoms with Crippen molar-refractivity contribution in [3.8, 4) is 12.0 Å². The van der Waals surface area contributed by atoms with E-state index in [1.807, 2.05) is 13.1 Å². The van der Waals surface area contributed by atoms with Crippen LogP contribution in [0.2, 0.25) is 32.7 Å². The Morgan fingerprint density at radius 3 is 1.44 bits per heavy atom. The van der Waals surface area contributed by atoms with Crippen LogP contribution in [0.25, 0.3) is 0 Å². The normalized spacial score (nSPS) is 17.8. The summed E-state index contributed by atoms with van der Waals surface area (Å²) in [6.45, 7) is 16.2. The van der Waals surface area contributed by atoms with E-state index in [1.165, 1.54) is 6.55 Å². The summed E-state index contributed by atoms with van der Waals surface area (Å²) in [6, 6.07) is 11.3. The third-order valence-corrected chi connectivity index (χ3v) is 24.1. The zero-order chi connectivity index (χ0) is 26.9. The Hall–Kier alpha value is -0.0249. The van der Waals surface area contributed by atoms with E-state index in [-0.39, 0.29) is 0 Å². The lowest BCUT2D eigenvalue weighted by molar-refractivity contribution is -0.00616. The zero-order valence-electron chi connectivity index (χ0n) is 20.7. The van der Waals surface area contributed by atoms with Crippen molar-refractivity contribution in [2.24, 2.45) is 0 Å². The van der Waals surface area contributed by atoms with E-state index < -0.39 is 71.0 Å². The molecule has 2 N–H and O–H groups in total. The zero-order valence-corrected chi connectivity index (χ0v) is 28.7. The fourth-order valence-corrected chi connectivity index (χ4v) is 21.9. The van der Waals surface area contributed by atoms with Crippen molar-refractivity contribution >= 4 is 71.0 Å². The predicted molar refractivity (Wildman–Crippen MR) is 139 cm³/mol. The van der Waals surface area contributed by atoms with Crippen LogP contribution in [-0.4, -0.2) is 102 Å². The molecule has 0 amide bonds. The van der Waals surface area contributed by atoms with Gasteiger partial charge in [0.1, 0.15) is 0 Å². The summed E-state index contributed by atoms with van der Waals surface area (Å²) in [6.07, 6.45) is 0. The Kier molecular flexibility index (Phi) is 13.5. The minimum atomic E-state index is -4.75. The van der Waals surface area contributed by atoms with E-state index in [4.69, 9.17) is 54.1 Å². The highest BCUT2D eigenvalue weighted by molar-refractivity contribution is 6.89. The fraction of sp³-hybridized carbons (Fsp3) is 0.571. The molecule has 0 aromatic carbocycles. The summed E-state index contributed by atoms with van der Waals surface area (Å²) in [7, 11) is -20.5. The summed E-state index contributed by atoms with van der Waals surface area (Å²) in [5.74, 6) is 0. The van der Waals surface area contributed by atoms with Gasteiger partial charge in [0.05, 0.1) is 0 Å². The predicted octanol–water partition coefficient (Wildman–Crippen LogP) is 0.179. The van der Waals surface area contributed by atoms with E-state index in [9.17, 15) is 9.59 Å². The highest BCUT2D eigenvalue weighted by Crippen LogP contribution is 2.29. The molecule has 0 aliphatic carbocycles. The summed E-state index contributed by atoms with van der Waals surface area (Å²) < 4.78 is 55.8. The van der Waals surface area contributed by atoms with Crippen molar-refractivity contribution in [1.82, 2.24) is 0 Å². The topological polar surface area (TPSA) is 133 Å². The van der Waals surface area contributed by atoms with Gasteiger partial charge in [-0.25, -0.2) is 0 Å².